The number of benzene rings is 1. The Kier molecular flexibility index (Phi) is 5.56. The van der Waals surface area contributed by atoms with Gasteiger partial charge in [-0.25, -0.2) is 13.1 Å². The van der Waals surface area contributed by atoms with Crippen LogP contribution in [0.3, 0.4) is 0 Å². The summed E-state index contributed by atoms with van der Waals surface area (Å²) >= 11 is 2.91. The first-order valence-electron chi connectivity index (χ1n) is 8.12. The van der Waals surface area contributed by atoms with E-state index in [-0.39, 0.29) is 4.47 Å². The molecule has 3 rings (SSSR count). The predicted octanol–water partition coefficient (Wildman–Crippen LogP) is 1.77. The molecule has 0 amide bonds. The van der Waals surface area contributed by atoms with Crippen molar-refractivity contribution < 1.29 is 31.5 Å². The number of hydrogen-bond acceptors (Lipinski definition) is 5. The van der Waals surface area contributed by atoms with Crippen molar-refractivity contribution in [1.29, 1.82) is 0 Å². The number of carboxylic acids is 1. The molecule has 0 bridgehead atoms. The normalized spacial score (nSPS) is 17.4. The topological polar surface area (TPSA) is 104 Å². The maximum Gasteiger partial charge on any atom is 0.416 e. The summed E-state index contributed by atoms with van der Waals surface area (Å²) < 4.78 is 68.0. The molecule has 152 valence electrons. The number of sulfonamides is 1. The Morgan fingerprint density at radius 2 is 2.07 bits per heavy atom. The molecule has 1 aromatic carbocycles. The number of nitrogens with zero attached hydrogens (tertiary/aromatic N) is 2. The Morgan fingerprint density at radius 3 is 2.71 bits per heavy atom. The predicted molar refractivity (Wildman–Crippen MR) is 92.4 cm³/mol. The van der Waals surface area contributed by atoms with Crippen LogP contribution in [0, 0.1) is 0 Å². The Morgan fingerprint density at radius 1 is 1.36 bits per heavy atom. The second kappa shape index (κ2) is 7.48. The zero-order valence-corrected chi connectivity index (χ0v) is 16.6. The van der Waals surface area contributed by atoms with Crippen LogP contribution in [0.5, 0.6) is 0 Å². The molecule has 7 nitrogen and oxygen atoms in total. The molecule has 0 aliphatic heterocycles. The fraction of sp³-hybridized carbons (Fsp3) is 0.375. The van der Waals surface area contributed by atoms with Crippen LogP contribution in [0.1, 0.15) is 35.7 Å². The first-order chi connectivity index (χ1) is 13.0. The summed E-state index contributed by atoms with van der Waals surface area (Å²) in [6, 6.07) is 1.72. The number of carbonyl (C=O) groups excluding carboxylic acids is 1. The zero-order valence-electron chi connectivity index (χ0n) is 14.2. The van der Waals surface area contributed by atoms with E-state index >= 15 is 0 Å². The monoisotopic (exact) mass is 480 g/mol. The summed E-state index contributed by atoms with van der Waals surface area (Å²) in [5.74, 6) is -1.33. The molecule has 1 aromatic heterocycles. The molecule has 0 fully saturated rings. The molecular weight excluding hydrogens is 467 g/mol. The molecular formula is C16H14BrF3N3O4S-. The van der Waals surface area contributed by atoms with Crippen LogP contribution >= 0.6 is 15.9 Å². The van der Waals surface area contributed by atoms with Gasteiger partial charge >= 0.3 is 6.18 Å². The van der Waals surface area contributed by atoms with Gasteiger partial charge in [-0.2, -0.15) is 18.3 Å². The van der Waals surface area contributed by atoms with Crippen LogP contribution in [-0.4, -0.2) is 24.2 Å². The van der Waals surface area contributed by atoms with E-state index in [1.54, 1.807) is 0 Å². The summed E-state index contributed by atoms with van der Waals surface area (Å²) in [6.07, 6.45) is -1.85. The summed E-state index contributed by atoms with van der Waals surface area (Å²) in [4.78, 5) is 10.3. The highest BCUT2D eigenvalue weighted by atomic mass is 79.9. The maximum atomic E-state index is 13.0. The lowest BCUT2D eigenvalue weighted by Gasteiger charge is -2.24. The number of hydrogen-bond donors (Lipinski definition) is 1. The van der Waals surface area contributed by atoms with E-state index < -0.39 is 45.2 Å². The molecule has 0 saturated heterocycles. The van der Waals surface area contributed by atoms with Gasteiger partial charge in [0.1, 0.15) is 0 Å². The summed E-state index contributed by atoms with van der Waals surface area (Å²) in [7, 11) is -4.27. The largest absolute Gasteiger partial charge is 0.548 e. The number of halogens is 4. The van der Waals surface area contributed by atoms with Gasteiger partial charge in [0.25, 0.3) is 0 Å². The molecule has 1 heterocycles. The van der Waals surface area contributed by atoms with Crippen molar-refractivity contribution in [1.82, 2.24) is 14.5 Å². The Labute approximate surface area is 166 Å². The molecule has 1 atom stereocenters. The van der Waals surface area contributed by atoms with E-state index in [0.29, 0.717) is 36.6 Å². The minimum atomic E-state index is -4.70. The van der Waals surface area contributed by atoms with E-state index in [9.17, 15) is 31.5 Å². The summed E-state index contributed by atoms with van der Waals surface area (Å²) in [5.41, 5.74) is -0.0242. The summed E-state index contributed by atoms with van der Waals surface area (Å²) in [6.45, 7) is -0.463. The molecule has 28 heavy (non-hydrogen) atoms. The van der Waals surface area contributed by atoms with Crippen LogP contribution in [0.25, 0.3) is 0 Å². The van der Waals surface area contributed by atoms with Crippen LogP contribution in [0.2, 0.25) is 0 Å². The highest BCUT2D eigenvalue weighted by Gasteiger charge is 2.34. The van der Waals surface area contributed by atoms with Gasteiger partial charge in [0.05, 0.1) is 35.2 Å². The van der Waals surface area contributed by atoms with E-state index in [0.717, 1.165) is 12.1 Å². The number of fused-ring (bicyclic) bond motifs is 1. The molecule has 2 aromatic rings. The second-order valence-electron chi connectivity index (χ2n) is 6.32. The highest BCUT2D eigenvalue weighted by Crippen LogP contribution is 2.35. The number of aliphatic carboxylic acids is 1. The van der Waals surface area contributed by atoms with Gasteiger partial charge in [-0.1, -0.05) is 15.9 Å². The Balaban J connectivity index is 1.92. The fourth-order valence-corrected chi connectivity index (χ4v) is 5.10. The van der Waals surface area contributed by atoms with E-state index in [1.165, 1.54) is 10.9 Å². The average Bonchev–Trinajstić information content (AvgIpc) is 2.97. The molecule has 1 N–H and O–H groups in total. The van der Waals surface area contributed by atoms with Gasteiger partial charge in [-0.05, 0) is 37.5 Å². The first kappa shape index (κ1) is 20.8. The zero-order chi connectivity index (χ0) is 20.7. The van der Waals surface area contributed by atoms with Crippen molar-refractivity contribution >= 4 is 31.9 Å². The highest BCUT2D eigenvalue weighted by molar-refractivity contribution is 9.10. The number of alkyl halides is 3. The van der Waals surface area contributed by atoms with Gasteiger partial charge in [0.2, 0.25) is 10.0 Å². The standard InChI is InChI=1S/C16H15BrF3N3O4S/c17-10-4-9(16(18,19)20)5-11(6-10)28(26,27)22-13-2-1-3-14-12(13)7-21-23(14)8-15(24)25/h4-7,13,22H,1-3,8H2,(H,24,25)/p-1. The van der Waals surface area contributed by atoms with Crippen molar-refractivity contribution in [2.24, 2.45) is 0 Å². The van der Waals surface area contributed by atoms with Crippen molar-refractivity contribution in [3.05, 3.63) is 45.7 Å². The minimum Gasteiger partial charge on any atom is -0.548 e. The van der Waals surface area contributed by atoms with Crippen molar-refractivity contribution in [2.75, 3.05) is 0 Å². The minimum absolute atomic E-state index is 0.0196. The van der Waals surface area contributed by atoms with E-state index in [1.807, 2.05) is 0 Å². The molecule has 1 aliphatic rings. The lowest BCUT2D eigenvalue weighted by Crippen LogP contribution is -2.32. The third-order valence-corrected chi connectivity index (χ3v) is 6.26. The van der Waals surface area contributed by atoms with Gasteiger partial charge in [0, 0.05) is 15.7 Å². The SMILES string of the molecule is O=C([O-])Cn1ncc2c1CCCC2NS(=O)(=O)c1cc(Br)cc(C(F)(F)F)c1. The molecule has 0 saturated carbocycles. The molecule has 1 aliphatic carbocycles. The van der Waals surface area contributed by atoms with Crippen LogP contribution in [0.4, 0.5) is 13.2 Å². The van der Waals surface area contributed by atoms with Gasteiger partial charge in [-0.3, -0.25) is 4.68 Å². The Hall–Kier alpha value is -1.92. The van der Waals surface area contributed by atoms with Gasteiger partial charge < -0.3 is 9.90 Å². The van der Waals surface area contributed by atoms with E-state index in [4.69, 9.17) is 0 Å². The lowest BCUT2D eigenvalue weighted by molar-refractivity contribution is -0.306. The van der Waals surface area contributed by atoms with Crippen LogP contribution in [-0.2, 0) is 34.0 Å². The van der Waals surface area contributed by atoms with Crippen LogP contribution < -0.4 is 9.83 Å². The van der Waals surface area contributed by atoms with Crippen molar-refractivity contribution in [2.45, 2.75) is 42.9 Å². The average molecular weight is 481 g/mol. The van der Waals surface area contributed by atoms with E-state index in [2.05, 4.69) is 25.8 Å². The maximum absolute atomic E-state index is 13.0. The number of nitrogens with one attached hydrogen (secondary N) is 1. The molecule has 0 spiro atoms. The Bertz CT molecular complexity index is 1020. The first-order valence-corrected chi connectivity index (χ1v) is 10.4. The van der Waals surface area contributed by atoms with Crippen LogP contribution in [0.15, 0.2) is 33.8 Å². The molecule has 1 unspecified atom stereocenters. The number of aromatic nitrogens is 2. The number of carbonyl (C=O) groups is 1. The smallest absolute Gasteiger partial charge is 0.416 e. The van der Waals surface area contributed by atoms with Crippen molar-refractivity contribution in [3.63, 3.8) is 0 Å². The lowest BCUT2D eigenvalue weighted by atomic mass is 9.94. The number of rotatable bonds is 5. The second-order valence-corrected chi connectivity index (χ2v) is 8.95. The third kappa shape index (κ3) is 4.39. The number of carboxylic acid groups (broad SMARTS) is 1. The third-order valence-electron chi connectivity index (χ3n) is 4.35. The van der Waals surface area contributed by atoms with Gasteiger partial charge in [-0.15, -0.1) is 0 Å². The molecule has 12 heteroatoms. The summed E-state index contributed by atoms with van der Waals surface area (Å²) in [5, 5.41) is 14.8. The fourth-order valence-electron chi connectivity index (χ4n) is 3.14. The molecule has 0 radical (unpaired) electrons. The van der Waals surface area contributed by atoms with Gasteiger partial charge in [0.15, 0.2) is 0 Å². The quantitative estimate of drug-likeness (QED) is 0.702. The van der Waals surface area contributed by atoms with Crippen molar-refractivity contribution in [3.8, 4) is 0 Å².